The average Bonchev–Trinajstić information content (AvgIpc) is 2.91. The highest BCUT2D eigenvalue weighted by Gasteiger charge is 2.25. The molecular weight excluding hydrogens is 282 g/mol. The number of rotatable bonds is 4. The highest BCUT2D eigenvalue weighted by atomic mass is 32.2. The first kappa shape index (κ1) is 14.3. The maximum atomic E-state index is 12.6. The minimum atomic E-state index is -3.42. The summed E-state index contributed by atoms with van der Waals surface area (Å²) in [7, 11) is -3.42. The lowest BCUT2D eigenvalue weighted by Crippen LogP contribution is -2.05. The first-order valence-electron chi connectivity index (χ1n) is 7.26. The molecule has 0 bridgehead atoms. The van der Waals surface area contributed by atoms with E-state index in [0.717, 1.165) is 24.8 Å². The Morgan fingerprint density at radius 1 is 1.05 bits per heavy atom. The van der Waals surface area contributed by atoms with Crippen molar-refractivity contribution >= 4 is 9.84 Å². The van der Waals surface area contributed by atoms with E-state index >= 15 is 0 Å². The molecule has 2 aromatic carbocycles. The van der Waals surface area contributed by atoms with Crippen LogP contribution in [0.1, 0.15) is 29.9 Å². The van der Waals surface area contributed by atoms with Gasteiger partial charge in [-0.1, -0.05) is 24.3 Å². The highest BCUT2D eigenvalue weighted by molar-refractivity contribution is 7.91. The largest absolute Gasteiger partial charge is 0.330 e. The van der Waals surface area contributed by atoms with Crippen LogP contribution in [0.5, 0.6) is 0 Å². The summed E-state index contributed by atoms with van der Waals surface area (Å²) in [6.45, 7) is 0.675. The van der Waals surface area contributed by atoms with Crippen LogP contribution in [-0.2, 0) is 16.3 Å². The lowest BCUT2D eigenvalue weighted by Gasteiger charge is -2.11. The summed E-state index contributed by atoms with van der Waals surface area (Å²) in [4.78, 5) is 0.738. The molecule has 0 radical (unpaired) electrons. The first-order valence-corrected chi connectivity index (χ1v) is 8.74. The van der Waals surface area contributed by atoms with E-state index in [4.69, 9.17) is 5.73 Å². The van der Waals surface area contributed by atoms with Crippen LogP contribution in [0, 0.1) is 0 Å². The third-order valence-electron chi connectivity index (χ3n) is 4.20. The van der Waals surface area contributed by atoms with Crippen molar-refractivity contribution < 1.29 is 8.42 Å². The van der Waals surface area contributed by atoms with Crippen LogP contribution in [0.25, 0.3) is 0 Å². The predicted molar refractivity (Wildman–Crippen MR) is 83.1 cm³/mol. The Morgan fingerprint density at radius 3 is 2.52 bits per heavy atom. The van der Waals surface area contributed by atoms with Gasteiger partial charge in [0.25, 0.3) is 0 Å². The Labute approximate surface area is 125 Å². The van der Waals surface area contributed by atoms with E-state index in [1.807, 2.05) is 18.2 Å². The van der Waals surface area contributed by atoms with E-state index < -0.39 is 9.84 Å². The van der Waals surface area contributed by atoms with Gasteiger partial charge in [0.15, 0.2) is 0 Å². The smallest absolute Gasteiger partial charge is 0.206 e. The second-order valence-corrected chi connectivity index (χ2v) is 7.44. The molecule has 2 N–H and O–H groups in total. The van der Waals surface area contributed by atoms with Gasteiger partial charge < -0.3 is 5.73 Å². The fourth-order valence-electron chi connectivity index (χ4n) is 3.09. The molecule has 0 heterocycles. The Kier molecular flexibility index (Phi) is 3.83. The van der Waals surface area contributed by atoms with Crippen LogP contribution in [0.4, 0.5) is 0 Å². The van der Waals surface area contributed by atoms with Crippen molar-refractivity contribution in [3.63, 3.8) is 0 Å². The first-order chi connectivity index (χ1) is 10.1. The minimum Gasteiger partial charge on any atom is -0.330 e. The number of benzene rings is 2. The van der Waals surface area contributed by atoms with Crippen molar-refractivity contribution in [3.05, 3.63) is 59.7 Å². The Hall–Kier alpha value is -1.65. The van der Waals surface area contributed by atoms with Crippen LogP contribution >= 0.6 is 0 Å². The van der Waals surface area contributed by atoms with Gasteiger partial charge in [-0.3, -0.25) is 0 Å². The fourth-order valence-corrected chi connectivity index (χ4v) is 4.42. The fraction of sp³-hybridized carbons (Fsp3) is 0.294. The van der Waals surface area contributed by atoms with Gasteiger partial charge in [0.2, 0.25) is 9.84 Å². The topological polar surface area (TPSA) is 60.2 Å². The molecule has 1 aliphatic carbocycles. The molecule has 0 aliphatic heterocycles. The monoisotopic (exact) mass is 301 g/mol. The van der Waals surface area contributed by atoms with Crippen molar-refractivity contribution in [3.8, 4) is 0 Å². The average molecular weight is 301 g/mol. The third-order valence-corrected chi connectivity index (χ3v) is 5.96. The lowest BCUT2D eigenvalue weighted by atomic mass is 9.98. The van der Waals surface area contributed by atoms with Gasteiger partial charge in [-0.2, -0.15) is 0 Å². The zero-order valence-electron chi connectivity index (χ0n) is 11.8. The molecule has 3 rings (SSSR count). The van der Waals surface area contributed by atoms with E-state index in [1.165, 1.54) is 5.56 Å². The molecule has 2 aromatic rings. The van der Waals surface area contributed by atoms with E-state index in [-0.39, 0.29) is 0 Å². The summed E-state index contributed by atoms with van der Waals surface area (Å²) < 4.78 is 25.2. The van der Waals surface area contributed by atoms with Crippen LogP contribution in [0.3, 0.4) is 0 Å². The Bertz CT molecular complexity index is 739. The second-order valence-electron chi connectivity index (χ2n) is 5.49. The molecule has 0 amide bonds. The van der Waals surface area contributed by atoms with Crippen molar-refractivity contribution in [1.29, 1.82) is 0 Å². The molecule has 0 spiro atoms. The van der Waals surface area contributed by atoms with Crippen LogP contribution in [0.15, 0.2) is 58.3 Å². The standard InChI is InChI=1S/C17H19NO2S/c18-11-10-13-6-7-14-12-16(8-9-17(13)14)21(19,20)15-4-2-1-3-5-15/h1-5,8-9,12-13H,6-7,10-11,18H2/t13-/m1/s1. The summed E-state index contributed by atoms with van der Waals surface area (Å²) in [6.07, 6.45) is 2.98. The maximum Gasteiger partial charge on any atom is 0.206 e. The molecule has 0 unspecified atom stereocenters. The lowest BCUT2D eigenvalue weighted by molar-refractivity contribution is 0.596. The van der Waals surface area contributed by atoms with Crippen molar-refractivity contribution in [1.82, 2.24) is 0 Å². The normalized spacial score (nSPS) is 17.7. The SMILES string of the molecule is NCC[C@H]1CCc2cc(S(=O)(=O)c3ccccc3)ccc21. The van der Waals surface area contributed by atoms with Crippen LogP contribution in [-0.4, -0.2) is 15.0 Å². The van der Waals surface area contributed by atoms with Gasteiger partial charge >= 0.3 is 0 Å². The molecule has 21 heavy (non-hydrogen) atoms. The van der Waals surface area contributed by atoms with Gasteiger partial charge in [0.1, 0.15) is 0 Å². The van der Waals surface area contributed by atoms with Gasteiger partial charge in [0, 0.05) is 0 Å². The van der Waals surface area contributed by atoms with Crippen molar-refractivity contribution in [2.45, 2.75) is 35.0 Å². The molecule has 0 saturated carbocycles. The molecular formula is C17H19NO2S. The number of hydrogen-bond acceptors (Lipinski definition) is 3. The third kappa shape index (κ3) is 2.61. The number of aryl methyl sites for hydroxylation is 1. The zero-order chi connectivity index (χ0) is 14.9. The molecule has 1 aliphatic rings. The van der Waals surface area contributed by atoms with E-state index in [2.05, 4.69) is 0 Å². The summed E-state index contributed by atoms with van der Waals surface area (Å²) in [6, 6.07) is 14.1. The van der Waals surface area contributed by atoms with Gasteiger partial charge in [-0.05, 0) is 67.1 Å². The van der Waals surface area contributed by atoms with Gasteiger partial charge in [-0.15, -0.1) is 0 Å². The van der Waals surface area contributed by atoms with E-state index in [1.54, 1.807) is 30.3 Å². The van der Waals surface area contributed by atoms with Crippen LogP contribution < -0.4 is 5.73 Å². The summed E-state index contributed by atoms with van der Waals surface area (Å²) >= 11 is 0. The molecule has 0 saturated heterocycles. The summed E-state index contributed by atoms with van der Waals surface area (Å²) in [5.41, 5.74) is 8.07. The number of hydrogen-bond donors (Lipinski definition) is 1. The molecule has 0 aromatic heterocycles. The summed E-state index contributed by atoms with van der Waals surface area (Å²) in [5, 5.41) is 0. The zero-order valence-corrected chi connectivity index (χ0v) is 12.6. The molecule has 110 valence electrons. The van der Waals surface area contributed by atoms with Crippen molar-refractivity contribution in [2.75, 3.05) is 6.54 Å². The minimum absolute atomic E-state index is 0.349. The maximum absolute atomic E-state index is 12.6. The Balaban J connectivity index is 1.99. The molecule has 3 nitrogen and oxygen atoms in total. The predicted octanol–water partition coefficient (Wildman–Crippen LogP) is 2.90. The quantitative estimate of drug-likeness (QED) is 0.944. The van der Waals surface area contributed by atoms with Gasteiger partial charge in [0.05, 0.1) is 9.79 Å². The van der Waals surface area contributed by atoms with Gasteiger partial charge in [-0.25, -0.2) is 8.42 Å². The molecule has 1 atom stereocenters. The number of fused-ring (bicyclic) bond motifs is 1. The second kappa shape index (κ2) is 5.62. The highest BCUT2D eigenvalue weighted by Crippen LogP contribution is 2.37. The van der Waals surface area contributed by atoms with E-state index in [9.17, 15) is 8.42 Å². The number of sulfone groups is 1. The Morgan fingerprint density at radius 2 is 1.81 bits per heavy atom. The molecule has 0 fully saturated rings. The molecule has 4 heteroatoms. The van der Waals surface area contributed by atoms with E-state index in [0.29, 0.717) is 22.3 Å². The van der Waals surface area contributed by atoms with Crippen molar-refractivity contribution in [2.24, 2.45) is 5.73 Å². The van der Waals surface area contributed by atoms with Crippen LogP contribution in [0.2, 0.25) is 0 Å². The summed E-state index contributed by atoms with van der Waals surface area (Å²) in [5.74, 6) is 0.485. The number of nitrogens with two attached hydrogens (primary N) is 1.